The quantitative estimate of drug-likeness (QED) is 0.715. The van der Waals surface area contributed by atoms with Gasteiger partial charge in [0.15, 0.2) is 5.82 Å². The Morgan fingerprint density at radius 3 is 3.19 bits per heavy atom. The number of rotatable bonds is 6. The highest BCUT2D eigenvalue weighted by Crippen LogP contribution is 2.29. The van der Waals surface area contributed by atoms with Gasteiger partial charge in [0, 0.05) is 42.3 Å². The first-order valence-corrected chi connectivity index (χ1v) is 10.2. The lowest BCUT2D eigenvalue weighted by atomic mass is 10.0. The van der Waals surface area contributed by atoms with E-state index in [2.05, 4.69) is 44.4 Å². The normalized spacial score (nSPS) is 19.8. The zero-order valence-corrected chi connectivity index (χ0v) is 16.1. The first-order chi connectivity index (χ1) is 12.7. The summed E-state index contributed by atoms with van der Waals surface area (Å²) in [4.78, 5) is 12.5. The van der Waals surface area contributed by atoms with Crippen LogP contribution in [0.2, 0.25) is 0 Å². The third kappa shape index (κ3) is 3.95. The van der Waals surface area contributed by atoms with Crippen molar-refractivity contribution in [3.05, 3.63) is 41.1 Å². The van der Waals surface area contributed by atoms with Gasteiger partial charge in [0.25, 0.3) is 0 Å². The molecule has 2 atom stereocenters. The molecule has 0 saturated carbocycles. The Morgan fingerprint density at radius 1 is 1.46 bits per heavy atom. The van der Waals surface area contributed by atoms with E-state index < -0.39 is 0 Å². The summed E-state index contributed by atoms with van der Waals surface area (Å²) in [5.41, 5.74) is 0. The van der Waals surface area contributed by atoms with Gasteiger partial charge in [-0.25, -0.2) is 0 Å². The Balaban J connectivity index is 1.36. The molecule has 4 heterocycles. The smallest absolute Gasteiger partial charge is 0.226 e. The number of thiophene rings is 1. The number of pyridine rings is 1. The molecule has 138 valence electrons. The molecule has 2 unspecified atom stereocenters. The Bertz CT molecular complexity index is 827. The molecule has 0 amide bonds. The van der Waals surface area contributed by atoms with Crippen LogP contribution in [-0.2, 0) is 13.0 Å². The first kappa shape index (κ1) is 17.6. The monoisotopic (exact) mass is 371 g/mol. The van der Waals surface area contributed by atoms with Gasteiger partial charge in [0.05, 0.1) is 11.2 Å². The topological polar surface area (TPSA) is 67.1 Å². The number of aromatic nitrogens is 3. The minimum absolute atomic E-state index is 0.342. The average Bonchev–Trinajstić information content (AvgIpc) is 3.28. The molecule has 0 bridgehead atoms. The second-order valence-corrected chi connectivity index (χ2v) is 8.10. The summed E-state index contributed by atoms with van der Waals surface area (Å²) in [6, 6.07) is 5.19. The molecule has 26 heavy (non-hydrogen) atoms. The van der Waals surface area contributed by atoms with E-state index in [1.807, 2.05) is 30.7 Å². The van der Waals surface area contributed by atoms with E-state index in [1.165, 1.54) is 27.8 Å². The van der Waals surface area contributed by atoms with Gasteiger partial charge >= 0.3 is 0 Å². The SMILES string of the molecule is CCc1nc(CN2CCCC(NC(C)c3cc4ccncc4s3)C2)no1. The van der Waals surface area contributed by atoms with Gasteiger partial charge in [-0.3, -0.25) is 9.88 Å². The molecule has 0 radical (unpaired) electrons. The fraction of sp³-hybridized carbons (Fsp3) is 0.526. The van der Waals surface area contributed by atoms with Crippen LogP contribution in [0.15, 0.2) is 29.0 Å². The Morgan fingerprint density at radius 2 is 2.38 bits per heavy atom. The minimum Gasteiger partial charge on any atom is -0.339 e. The summed E-state index contributed by atoms with van der Waals surface area (Å²) >= 11 is 1.83. The number of hydrogen-bond donors (Lipinski definition) is 1. The molecule has 3 aromatic heterocycles. The molecular formula is C19H25N5OS. The van der Waals surface area contributed by atoms with Crippen molar-refractivity contribution < 1.29 is 4.52 Å². The molecule has 0 aliphatic carbocycles. The van der Waals surface area contributed by atoms with Crippen LogP contribution in [0.25, 0.3) is 10.1 Å². The lowest BCUT2D eigenvalue weighted by Crippen LogP contribution is -2.46. The van der Waals surface area contributed by atoms with E-state index in [0.29, 0.717) is 12.1 Å². The van der Waals surface area contributed by atoms with Gasteiger partial charge in [-0.15, -0.1) is 11.3 Å². The molecule has 1 aliphatic rings. The fourth-order valence-electron chi connectivity index (χ4n) is 3.59. The molecule has 1 fully saturated rings. The van der Waals surface area contributed by atoms with E-state index in [4.69, 9.17) is 4.52 Å². The van der Waals surface area contributed by atoms with E-state index in [0.717, 1.165) is 37.8 Å². The van der Waals surface area contributed by atoms with E-state index in [1.54, 1.807) is 0 Å². The van der Waals surface area contributed by atoms with Crippen molar-refractivity contribution in [3.8, 4) is 0 Å². The molecule has 4 rings (SSSR count). The highest BCUT2D eigenvalue weighted by Gasteiger charge is 2.23. The summed E-state index contributed by atoms with van der Waals surface area (Å²) in [6.07, 6.45) is 7.00. The highest BCUT2D eigenvalue weighted by atomic mass is 32.1. The van der Waals surface area contributed by atoms with Gasteiger partial charge in [0.1, 0.15) is 0 Å². The summed E-state index contributed by atoms with van der Waals surface area (Å²) in [7, 11) is 0. The predicted octanol–water partition coefficient (Wildman–Crippen LogP) is 3.56. The molecule has 1 aliphatic heterocycles. The van der Waals surface area contributed by atoms with E-state index in [-0.39, 0.29) is 0 Å². The third-order valence-electron chi connectivity index (χ3n) is 4.94. The van der Waals surface area contributed by atoms with Gasteiger partial charge in [-0.1, -0.05) is 12.1 Å². The summed E-state index contributed by atoms with van der Waals surface area (Å²) in [6.45, 7) is 7.17. The molecule has 7 heteroatoms. The Labute approximate surface area is 157 Å². The third-order valence-corrected chi connectivity index (χ3v) is 6.21. The van der Waals surface area contributed by atoms with Crippen molar-refractivity contribution in [1.29, 1.82) is 0 Å². The van der Waals surface area contributed by atoms with E-state index >= 15 is 0 Å². The Kier molecular flexibility index (Phi) is 5.28. The van der Waals surface area contributed by atoms with Gasteiger partial charge < -0.3 is 9.84 Å². The van der Waals surface area contributed by atoms with Gasteiger partial charge in [0.2, 0.25) is 5.89 Å². The van der Waals surface area contributed by atoms with Crippen molar-refractivity contribution in [3.63, 3.8) is 0 Å². The number of hydrogen-bond acceptors (Lipinski definition) is 7. The molecule has 6 nitrogen and oxygen atoms in total. The van der Waals surface area contributed by atoms with Crippen LogP contribution in [0, 0.1) is 0 Å². The maximum absolute atomic E-state index is 5.23. The molecule has 3 aromatic rings. The molecule has 0 spiro atoms. The van der Waals surface area contributed by atoms with Crippen molar-refractivity contribution in [2.45, 2.75) is 51.7 Å². The van der Waals surface area contributed by atoms with E-state index in [9.17, 15) is 0 Å². The van der Waals surface area contributed by atoms with Crippen LogP contribution in [0.1, 0.15) is 49.3 Å². The van der Waals surface area contributed by atoms with Crippen LogP contribution in [-0.4, -0.2) is 39.2 Å². The summed E-state index contributed by atoms with van der Waals surface area (Å²) in [5.74, 6) is 1.52. The zero-order chi connectivity index (χ0) is 17.9. The number of likely N-dealkylation sites (tertiary alicyclic amines) is 1. The molecule has 1 N–H and O–H groups in total. The van der Waals surface area contributed by atoms with Crippen molar-refractivity contribution >= 4 is 21.4 Å². The van der Waals surface area contributed by atoms with Crippen molar-refractivity contribution in [2.75, 3.05) is 13.1 Å². The maximum atomic E-state index is 5.23. The van der Waals surface area contributed by atoms with Crippen LogP contribution < -0.4 is 5.32 Å². The molecule has 1 saturated heterocycles. The number of fused-ring (bicyclic) bond motifs is 1. The summed E-state index contributed by atoms with van der Waals surface area (Å²) < 4.78 is 6.48. The minimum atomic E-state index is 0.342. The number of nitrogens with zero attached hydrogens (tertiary/aromatic N) is 4. The lowest BCUT2D eigenvalue weighted by molar-refractivity contribution is 0.172. The fourth-order valence-corrected chi connectivity index (χ4v) is 4.63. The van der Waals surface area contributed by atoms with Crippen LogP contribution in [0.5, 0.6) is 0 Å². The second kappa shape index (κ2) is 7.82. The van der Waals surface area contributed by atoms with Crippen LogP contribution in [0.3, 0.4) is 0 Å². The maximum Gasteiger partial charge on any atom is 0.226 e. The number of nitrogens with one attached hydrogen (secondary N) is 1. The molecule has 0 aromatic carbocycles. The largest absolute Gasteiger partial charge is 0.339 e. The van der Waals surface area contributed by atoms with Gasteiger partial charge in [-0.05, 0) is 43.8 Å². The lowest BCUT2D eigenvalue weighted by Gasteiger charge is -2.34. The van der Waals surface area contributed by atoms with Crippen LogP contribution in [0.4, 0.5) is 0 Å². The summed E-state index contributed by atoms with van der Waals surface area (Å²) in [5, 5.41) is 9.18. The Hall–Kier alpha value is -1.83. The van der Waals surface area contributed by atoms with Gasteiger partial charge in [-0.2, -0.15) is 4.98 Å². The first-order valence-electron chi connectivity index (χ1n) is 9.34. The number of aryl methyl sites for hydroxylation is 1. The standard InChI is InChI=1S/C19H25N5OS/c1-3-19-22-18(23-25-19)12-24-8-4-5-15(11-24)21-13(2)16-9-14-6-7-20-10-17(14)26-16/h6-7,9-10,13,15,21H,3-5,8,11-12H2,1-2H3. The highest BCUT2D eigenvalue weighted by molar-refractivity contribution is 7.19. The van der Waals surface area contributed by atoms with Crippen molar-refractivity contribution in [2.24, 2.45) is 0 Å². The van der Waals surface area contributed by atoms with Crippen molar-refractivity contribution in [1.82, 2.24) is 25.3 Å². The van der Waals surface area contributed by atoms with Crippen LogP contribution >= 0.6 is 11.3 Å². The predicted molar refractivity (Wildman–Crippen MR) is 103 cm³/mol. The average molecular weight is 372 g/mol. The number of piperidine rings is 1. The molecular weight excluding hydrogens is 346 g/mol. The second-order valence-electron chi connectivity index (χ2n) is 6.98. The zero-order valence-electron chi connectivity index (χ0n) is 15.3.